The molecular formula is C54H88O27S. The maximum Gasteiger partial charge on any atom is 0.397 e. The lowest BCUT2D eigenvalue weighted by Gasteiger charge is -2.64. The van der Waals surface area contributed by atoms with E-state index in [0.29, 0.717) is 38.5 Å². The summed E-state index contributed by atoms with van der Waals surface area (Å²) < 4.78 is 97.7. The Balaban J connectivity index is 0.915. The lowest BCUT2D eigenvalue weighted by molar-refractivity contribution is -0.389. The maximum atomic E-state index is 14.5. The molecule has 0 radical (unpaired) electrons. The van der Waals surface area contributed by atoms with E-state index in [9.17, 15) is 79.0 Å². The topological polar surface area (TPSA) is 416 Å². The van der Waals surface area contributed by atoms with E-state index < -0.39 is 204 Å². The summed E-state index contributed by atoms with van der Waals surface area (Å²) in [5.41, 5.74) is -6.66. The van der Waals surface area contributed by atoms with E-state index in [1.165, 1.54) is 14.0 Å². The summed E-state index contributed by atoms with van der Waals surface area (Å²) in [6, 6.07) is 0. The minimum Gasteiger partial charge on any atom is -0.453 e. The highest BCUT2D eigenvalue weighted by Crippen LogP contribution is 2.77. The zero-order valence-electron chi connectivity index (χ0n) is 47.7. The summed E-state index contributed by atoms with van der Waals surface area (Å²) in [6.45, 7) is 12.8. The monoisotopic (exact) mass is 1200 g/mol. The molecule has 0 aromatic carbocycles. The van der Waals surface area contributed by atoms with Gasteiger partial charge < -0.3 is 109 Å². The molecule has 5 saturated heterocycles. The summed E-state index contributed by atoms with van der Waals surface area (Å²) >= 11 is 0. The fraction of sp³-hybridized carbons (Fsp3) is 0.944. The van der Waals surface area contributed by atoms with Crippen molar-refractivity contribution in [3.8, 4) is 0 Å². The van der Waals surface area contributed by atoms with Crippen LogP contribution in [0.1, 0.15) is 107 Å². The van der Waals surface area contributed by atoms with Crippen LogP contribution in [0.3, 0.4) is 0 Å². The van der Waals surface area contributed by atoms with Crippen molar-refractivity contribution >= 4 is 16.4 Å². The second-order valence-electron chi connectivity index (χ2n) is 26.1. The van der Waals surface area contributed by atoms with Crippen LogP contribution in [0, 0.1) is 39.4 Å². The van der Waals surface area contributed by atoms with Crippen LogP contribution in [0.5, 0.6) is 0 Å². The number of methoxy groups -OCH3 is 1. The minimum atomic E-state index is -5.20. The smallest absolute Gasteiger partial charge is 0.397 e. The van der Waals surface area contributed by atoms with E-state index in [0.717, 1.165) is 5.57 Å². The lowest BCUT2D eigenvalue weighted by Crippen LogP contribution is -2.69. The summed E-state index contributed by atoms with van der Waals surface area (Å²) in [7, 11) is -4.02. The number of carbonyl (C=O) groups is 1. The summed E-state index contributed by atoms with van der Waals surface area (Å²) in [5.74, 6) is -0.905. The van der Waals surface area contributed by atoms with Gasteiger partial charge in [-0.05, 0) is 99.2 Å². The van der Waals surface area contributed by atoms with Crippen molar-refractivity contribution in [3.05, 3.63) is 11.6 Å². The number of allylic oxidation sites excluding steroid dienone is 1. The standard InChI is InChI=1S/C54H88O27S/c1-22(2)10-13-30(57)52(8)53(67)17-16-51(7)24-11-12-29-49(4,5)32(14-15-50(29,6)25(24)18-31(58)54(51,53)48(66)80-52)76-47-43(35(61)28(21-72-47)81-82(68,69)70)79-44-37(63)36(62)40(23(3)73-44)77-46-39(65)42(34(60)27(20-56)75-46)78-45-38(64)41(71-9)33(59)26(19-55)74-45/h18,22-24,26-47,55-65,67H,10-17,19-21H2,1-9H3,(H,68,69,70)/t23-,24-,26-,27-,28-,29-,30-,31+,32+,33-,34-,35+,36-,37-,38-,39-,40-,41+,42+,43-,44+,45+,46+,47+,50-,51+,52+,53+,54-/m1/s1. The Bertz CT molecular complexity index is 2420. The molecule has 0 aromatic rings. The van der Waals surface area contributed by atoms with Crippen molar-refractivity contribution < 1.29 is 131 Å². The van der Waals surface area contributed by atoms with Gasteiger partial charge in [-0.2, -0.15) is 8.42 Å². The highest BCUT2D eigenvalue weighted by molar-refractivity contribution is 7.80. The van der Waals surface area contributed by atoms with Gasteiger partial charge in [0.05, 0.1) is 44.2 Å². The van der Waals surface area contributed by atoms with E-state index >= 15 is 0 Å². The minimum absolute atomic E-state index is 0.123. The molecule has 9 rings (SSSR count). The van der Waals surface area contributed by atoms with Gasteiger partial charge in [-0.1, -0.05) is 53.2 Å². The van der Waals surface area contributed by atoms with E-state index in [1.54, 1.807) is 13.0 Å². The van der Waals surface area contributed by atoms with Crippen LogP contribution in [-0.2, 0) is 66.7 Å². The number of rotatable bonds is 17. The zero-order valence-corrected chi connectivity index (χ0v) is 48.5. The molecule has 8 fully saturated rings. The first-order valence-corrected chi connectivity index (χ1v) is 30.0. The van der Waals surface area contributed by atoms with Gasteiger partial charge >= 0.3 is 16.4 Å². The van der Waals surface area contributed by atoms with Gasteiger partial charge in [0.15, 0.2) is 30.8 Å². The number of esters is 1. The summed E-state index contributed by atoms with van der Waals surface area (Å²) in [5, 5.41) is 136. The molecule has 29 atom stereocenters. The van der Waals surface area contributed by atoms with Crippen LogP contribution in [0.4, 0.5) is 0 Å². The molecular weight excluding hydrogens is 1110 g/mol. The number of cyclic esters (lactones) is 1. The van der Waals surface area contributed by atoms with Crippen LogP contribution < -0.4 is 0 Å². The first-order chi connectivity index (χ1) is 38.2. The number of hydrogen-bond acceptors (Lipinski definition) is 26. The third-order valence-corrected chi connectivity index (χ3v) is 21.4. The molecule has 0 amide bonds. The Morgan fingerprint density at radius 3 is 1.88 bits per heavy atom. The molecule has 3 saturated carbocycles. The second kappa shape index (κ2) is 23.3. The van der Waals surface area contributed by atoms with E-state index in [1.807, 2.05) is 34.6 Å². The highest BCUT2D eigenvalue weighted by atomic mass is 32.3. The fourth-order valence-corrected chi connectivity index (χ4v) is 16.9. The molecule has 0 aromatic heterocycles. The van der Waals surface area contributed by atoms with Gasteiger partial charge in [0.2, 0.25) is 0 Å². The fourth-order valence-electron chi connectivity index (χ4n) is 16.4. The molecule has 472 valence electrons. The van der Waals surface area contributed by atoms with Gasteiger partial charge in [0.25, 0.3) is 0 Å². The average Bonchev–Trinajstić information content (AvgIpc) is 1.49. The molecule has 4 aliphatic carbocycles. The molecule has 82 heavy (non-hydrogen) atoms. The van der Waals surface area contributed by atoms with Crippen molar-refractivity contribution in [2.75, 3.05) is 26.9 Å². The molecule has 0 bridgehead atoms. The van der Waals surface area contributed by atoms with Crippen LogP contribution in [-0.4, -0.2) is 253 Å². The molecule has 5 heterocycles. The third kappa shape index (κ3) is 10.3. The third-order valence-electron chi connectivity index (χ3n) is 20.9. The number of hydrogen-bond donors (Lipinski definition) is 13. The number of carbonyl (C=O) groups excluding carboxylic acids is 1. The van der Waals surface area contributed by atoms with Gasteiger partial charge in [0, 0.05) is 7.11 Å². The highest BCUT2D eigenvalue weighted by Gasteiger charge is 2.86. The van der Waals surface area contributed by atoms with Gasteiger partial charge in [-0.25, -0.2) is 4.18 Å². The Hall–Kier alpha value is -1.76. The van der Waals surface area contributed by atoms with Crippen molar-refractivity contribution in [1.29, 1.82) is 0 Å². The SMILES string of the molecule is CO[C@@H]1[C@@H](O)[C@H](O[C@@H]2[C@@H](O)[C@H](O[C@H]3[C@H](O)[C@@H](O)[C@H](O[C@H]4[C@H](O[C@H]5CC[C@]6(C)C7=C[C@H](O)[C@]89C(=O)O[C@@](C)([C@H](O)CCC(C)C)[C@@]8(O)CC[C@@]9(C)[C@@H]7CC[C@@H]6C5(C)C)OC[C@@H](OS(=O)(=O)O)[C@@H]4O)O[C@@H]3C)O[C@H](CO)[C@H]2O)O[C@H](CO)[C@H]1O. The number of fused-ring (bicyclic) bond motifs is 4. The van der Waals surface area contributed by atoms with Crippen molar-refractivity contribution in [2.45, 2.75) is 253 Å². The molecule has 0 unspecified atom stereocenters. The predicted molar refractivity (Wildman–Crippen MR) is 275 cm³/mol. The Morgan fingerprint density at radius 2 is 1.28 bits per heavy atom. The average molecular weight is 1200 g/mol. The number of aliphatic hydroxyl groups excluding tert-OH is 11. The van der Waals surface area contributed by atoms with E-state index in [2.05, 4.69) is 6.92 Å². The Morgan fingerprint density at radius 1 is 0.695 bits per heavy atom. The van der Waals surface area contributed by atoms with Crippen molar-refractivity contribution in [2.24, 2.45) is 39.4 Å². The normalized spacial score (nSPS) is 51.6. The Kier molecular flexibility index (Phi) is 18.4. The quantitative estimate of drug-likeness (QED) is 0.0312. The summed E-state index contributed by atoms with van der Waals surface area (Å²) in [6.07, 6.45) is -30.6. The molecule has 5 aliphatic heterocycles. The van der Waals surface area contributed by atoms with Crippen molar-refractivity contribution in [3.63, 3.8) is 0 Å². The second-order valence-corrected chi connectivity index (χ2v) is 27.1. The maximum absolute atomic E-state index is 14.5. The van der Waals surface area contributed by atoms with Crippen LogP contribution >= 0.6 is 0 Å². The first-order valence-electron chi connectivity index (χ1n) is 28.6. The largest absolute Gasteiger partial charge is 0.453 e. The molecule has 1 spiro atoms. The molecule has 13 N–H and O–H groups in total. The predicted octanol–water partition coefficient (Wildman–Crippen LogP) is -2.42. The van der Waals surface area contributed by atoms with Gasteiger partial charge in [0.1, 0.15) is 96.5 Å². The lowest BCUT2D eigenvalue weighted by atomic mass is 9.40. The molecule has 27 nitrogen and oxygen atoms in total. The van der Waals surface area contributed by atoms with Gasteiger partial charge in [-0.3, -0.25) is 9.35 Å². The molecule has 9 aliphatic rings. The van der Waals surface area contributed by atoms with Gasteiger partial charge in [-0.15, -0.1) is 0 Å². The first kappa shape index (κ1) is 64.7. The number of ether oxygens (including phenoxy) is 10. The zero-order chi connectivity index (χ0) is 60.4. The van der Waals surface area contributed by atoms with Crippen LogP contribution in [0.25, 0.3) is 0 Å². The molecule has 28 heteroatoms. The summed E-state index contributed by atoms with van der Waals surface area (Å²) in [4.78, 5) is 14.5. The van der Waals surface area contributed by atoms with E-state index in [4.69, 9.17) is 51.6 Å². The van der Waals surface area contributed by atoms with E-state index in [-0.39, 0.29) is 30.6 Å². The Labute approximate surface area is 476 Å². The van der Waals surface area contributed by atoms with Crippen LogP contribution in [0.2, 0.25) is 0 Å². The number of aliphatic hydroxyl groups is 12. The van der Waals surface area contributed by atoms with Crippen molar-refractivity contribution in [1.82, 2.24) is 0 Å². The van der Waals surface area contributed by atoms with Crippen LogP contribution in [0.15, 0.2) is 11.6 Å².